The molecule has 0 radical (unpaired) electrons. The van der Waals surface area contributed by atoms with Crippen LogP contribution in [0.4, 0.5) is 0 Å². The van der Waals surface area contributed by atoms with Crippen molar-refractivity contribution in [2.24, 2.45) is 11.7 Å². The molecule has 1 aliphatic heterocycles. The molecule has 1 aliphatic rings. The molecule has 2 N–H and O–H groups in total. The summed E-state index contributed by atoms with van der Waals surface area (Å²) in [7, 11) is 0. The van der Waals surface area contributed by atoms with Gasteiger partial charge >= 0.3 is 0 Å². The first kappa shape index (κ1) is 16.8. The van der Waals surface area contributed by atoms with Crippen molar-refractivity contribution in [2.75, 3.05) is 32.9 Å². The van der Waals surface area contributed by atoms with Crippen molar-refractivity contribution in [3.63, 3.8) is 0 Å². The zero-order chi connectivity index (χ0) is 15.8. The molecule has 2 atom stereocenters. The maximum Gasteiger partial charge on any atom is 0.248 e. The minimum atomic E-state index is 0.0464. The quantitative estimate of drug-likeness (QED) is 0.778. The topological polar surface area (TPSA) is 64.8 Å². The fourth-order valence-electron chi connectivity index (χ4n) is 2.65. The second kappa shape index (κ2) is 8.76. The standard InChI is InChI=1S/C17H26N2O3/c1-14(18)15-6-5-9-19(12-15)17(20)13-21-10-11-22-16-7-3-2-4-8-16/h2-4,7-8,14-15H,5-6,9-13,18H2,1H3. The number of hydrogen-bond donors (Lipinski definition) is 1. The number of rotatable bonds is 7. The maximum atomic E-state index is 12.1. The van der Waals surface area contributed by atoms with E-state index in [-0.39, 0.29) is 18.6 Å². The summed E-state index contributed by atoms with van der Waals surface area (Å²) in [6.45, 7) is 4.54. The molecule has 5 nitrogen and oxygen atoms in total. The van der Waals surface area contributed by atoms with Gasteiger partial charge in [0.25, 0.3) is 0 Å². The highest BCUT2D eigenvalue weighted by atomic mass is 16.5. The van der Waals surface area contributed by atoms with Gasteiger partial charge in [0, 0.05) is 19.1 Å². The number of nitrogens with two attached hydrogens (primary N) is 1. The average molecular weight is 306 g/mol. The van der Waals surface area contributed by atoms with Crippen molar-refractivity contribution in [3.05, 3.63) is 30.3 Å². The predicted molar refractivity (Wildman–Crippen MR) is 85.7 cm³/mol. The molecule has 2 unspecified atom stereocenters. The number of piperidine rings is 1. The Labute approximate surface area is 132 Å². The lowest BCUT2D eigenvalue weighted by Gasteiger charge is -2.34. The van der Waals surface area contributed by atoms with Gasteiger partial charge in [-0.2, -0.15) is 0 Å². The smallest absolute Gasteiger partial charge is 0.248 e. The van der Waals surface area contributed by atoms with Crippen molar-refractivity contribution in [2.45, 2.75) is 25.8 Å². The summed E-state index contributed by atoms with van der Waals surface area (Å²) in [5, 5.41) is 0. The van der Waals surface area contributed by atoms with E-state index in [1.807, 2.05) is 42.2 Å². The van der Waals surface area contributed by atoms with Gasteiger partial charge < -0.3 is 20.1 Å². The van der Waals surface area contributed by atoms with E-state index in [1.165, 1.54) is 0 Å². The Morgan fingerprint density at radius 2 is 2.14 bits per heavy atom. The Morgan fingerprint density at radius 1 is 1.36 bits per heavy atom. The molecule has 0 bridgehead atoms. The van der Waals surface area contributed by atoms with E-state index in [1.54, 1.807) is 0 Å². The zero-order valence-corrected chi connectivity index (χ0v) is 13.2. The Hall–Kier alpha value is -1.59. The highest BCUT2D eigenvalue weighted by Crippen LogP contribution is 2.18. The number of para-hydroxylation sites is 1. The molecule has 0 aromatic heterocycles. The van der Waals surface area contributed by atoms with E-state index >= 15 is 0 Å². The molecule has 0 aliphatic carbocycles. The van der Waals surface area contributed by atoms with E-state index in [4.69, 9.17) is 15.2 Å². The van der Waals surface area contributed by atoms with Crippen LogP contribution < -0.4 is 10.5 Å². The molecule has 0 saturated carbocycles. The summed E-state index contributed by atoms with van der Waals surface area (Å²) in [4.78, 5) is 14.0. The first-order chi connectivity index (χ1) is 10.7. The highest BCUT2D eigenvalue weighted by molar-refractivity contribution is 5.77. The molecule has 1 fully saturated rings. The van der Waals surface area contributed by atoms with Crippen molar-refractivity contribution in [3.8, 4) is 5.75 Å². The van der Waals surface area contributed by atoms with Crippen LogP contribution in [0.3, 0.4) is 0 Å². The third-order valence-corrected chi connectivity index (χ3v) is 4.02. The molecule has 1 aromatic rings. The van der Waals surface area contributed by atoms with Crippen molar-refractivity contribution in [1.82, 2.24) is 4.90 Å². The monoisotopic (exact) mass is 306 g/mol. The van der Waals surface area contributed by atoms with Gasteiger partial charge in [0.15, 0.2) is 0 Å². The normalized spacial score (nSPS) is 19.7. The van der Waals surface area contributed by atoms with Crippen LogP contribution in [0.5, 0.6) is 5.75 Å². The Kier molecular flexibility index (Phi) is 6.68. The summed E-state index contributed by atoms with van der Waals surface area (Å²) in [5.74, 6) is 1.26. The lowest BCUT2D eigenvalue weighted by Crippen LogP contribution is -2.46. The number of benzene rings is 1. The first-order valence-electron chi connectivity index (χ1n) is 7.96. The van der Waals surface area contributed by atoms with Crippen LogP contribution in [0, 0.1) is 5.92 Å². The molecular formula is C17H26N2O3. The van der Waals surface area contributed by atoms with E-state index in [0.717, 1.165) is 31.7 Å². The fraction of sp³-hybridized carbons (Fsp3) is 0.588. The van der Waals surface area contributed by atoms with Gasteiger partial charge in [-0.3, -0.25) is 4.79 Å². The average Bonchev–Trinajstić information content (AvgIpc) is 2.55. The Morgan fingerprint density at radius 3 is 2.86 bits per heavy atom. The molecule has 1 aromatic carbocycles. The van der Waals surface area contributed by atoms with Gasteiger partial charge in [0.05, 0.1) is 6.61 Å². The van der Waals surface area contributed by atoms with Gasteiger partial charge in [-0.1, -0.05) is 18.2 Å². The molecule has 2 rings (SSSR count). The van der Waals surface area contributed by atoms with E-state index < -0.39 is 0 Å². The number of likely N-dealkylation sites (tertiary alicyclic amines) is 1. The van der Waals surface area contributed by atoms with E-state index in [2.05, 4.69) is 0 Å². The SMILES string of the molecule is CC(N)C1CCCN(C(=O)COCCOc2ccccc2)C1. The summed E-state index contributed by atoms with van der Waals surface area (Å²) in [6.07, 6.45) is 2.13. The Bertz CT molecular complexity index is 450. The van der Waals surface area contributed by atoms with Crippen LogP contribution in [-0.4, -0.2) is 49.8 Å². The van der Waals surface area contributed by atoms with Crippen molar-refractivity contribution < 1.29 is 14.3 Å². The van der Waals surface area contributed by atoms with Crippen LogP contribution in [0.25, 0.3) is 0 Å². The third kappa shape index (κ3) is 5.31. The molecule has 0 spiro atoms. The van der Waals surface area contributed by atoms with Crippen LogP contribution in [-0.2, 0) is 9.53 Å². The van der Waals surface area contributed by atoms with Crippen LogP contribution >= 0.6 is 0 Å². The number of ether oxygens (including phenoxy) is 2. The number of carbonyl (C=O) groups is 1. The van der Waals surface area contributed by atoms with Gasteiger partial charge in [-0.25, -0.2) is 0 Å². The number of carbonyl (C=O) groups excluding carboxylic acids is 1. The highest BCUT2D eigenvalue weighted by Gasteiger charge is 2.25. The predicted octanol–water partition coefficient (Wildman–Crippen LogP) is 1.67. The van der Waals surface area contributed by atoms with Crippen LogP contribution in [0.15, 0.2) is 30.3 Å². The molecule has 22 heavy (non-hydrogen) atoms. The van der Waals surface area contributed by atoms with Crippen molar-refractivity contribution in [1.29, 1.82) is 0 Å². The molecule has 5 heteroatoms. The lowest BCUT2D eigenvalue weighted by molar-refractivity contribution is -0.138. The van der Waals surface area contributed by atoms with Gasteiger partial charge in [-0.05, 0) is 37.8 Å². The minimum Gasteiger partial charge on any atom is -0.491 e. The van der Waals surface area contributed by atoms with E-state index in [9.17, 15) is 4.79 Å². The van der Waals surface area contributed by atoms with Gasteiger partial charge in [0.1, 0.15) is 19.0 Å². The minimum absolute atomic E-state index is 0.0464. The maximum absolute atomic E-state index is 12.1. The zero-order valence-electron chi connectivity index (χ0n) is 13.2. The lowest BCUT2D eigenvalue weighted by atomic mass is 9.92. The number of amides is 1. The second-order valence-corrected chi connectivity index (χ2v) is 5.82. The fourth-order valence-corrected chi connectivity index (χ4v) is 2.65. The molecule has 1 heterocycles. The molecular weight excluding hydrogens is 280 g/mol. The largest absolute Gasteiger partial charge is 0.491 e. The summed E-state index contributed by atoms with van der Waals surface area (Å²) >= 11 is 0. The van der Waals surface area contributed by atoms with Crippen LogP contribution in [0.1, 0.15) is 19.8 Å². The first-order valence-corrected chi connectivity index (χ1v) is 7.96. The summed E-state index contributed by atoms with van der Waals surface area (Å²) in [5.41, 5.74) is 5.94. The molecule has 122 valence electrons. The molecule has 1 saturated heterocycles. The number of hydrogen-bond acceptors (Lipinski definition) is 4. The third-order valence-electron chi connectivity index (χ3n) is 4.02. The Balaban J connectivity index is 1.61. The van der Waals surface area contributed by atoms with E-state index in [0.29, 0.717) is 19.1 Å². The molecule has 1 amide bonds. The van der Waals surface area contributed by atoms with Crippen LogP contribution in [0.2, 0.25) is 0 Å². The van der Waals surface area contributed by atoms with Gasteiger partial charge in [-0.15, -0.1) is 0 Å². The number of nitrogens with zero attached hydrogens (tertiary/aromatic N) is 1. The summed E-state index contributed by atoms with van der Waals surface area (Å²) < 4.78 is 10.9. The second-order valence-electron chi connectivity index (χ2n) is 5.82. The van der Waals surface area contributed by atoms with Gasteiger partial charge in [0.2, 0.25) is 5.91 Å². The van der Waals surface area contributed by atoms with Crippen molar-refractivity contribution >= 4 is 5.91 Å². The summed E-state index contributed by atoms with van der Waals surface area (Å²) in [6, 6.07) is 9.71.